The smallest absolute Gasteiger partial charge is 0.325 e. The predicted octanol–water partition coefficient (Wildman–Crippen LogP) is 2.46. The van der Waals surface area contributed by atoms with Gasteiger partial charge < -0.3 is 10.0 Å². The molecule has 1 aromatic carbocycles. The van der Waals surface area contributed by atoms with E-state index in [1.165, 1.54) is 19.4 Å². The van der Waals surface area contributed by atoms with E-state index in [9.17, 15) is 9.90 Å². The molecule has 0 radical (unpaired) electrons. The average Bonchev–Trinajstić information content (AvgIpc) is 3.28. The molecule has 1 saturated heterocycles. The summed E-state index contributed by atoms with van der Waals surface area (Å²) in [5, 5.41) is 9.79. The minimum atomic E-state index is -0.729. The van der Waals surface area contributed by atoms with Gasteiger partial charge in [0.1, 0.15) is 6.04 Å². The van der Waals surface area contributed by atoms with E-state index in [4.69, 9.17) is 0 Å². The highest BCUT2D eigenvalue weighted by Crippen LogP contribution is 2.31. The zero-order valence-corrected chi connectivity index (χ0v) is 13.6. The van der Waals surface area contributed by atoms with E-state index in [-0.39, 0.29) is 0 Å². The molecule has 1 unspecified atom stereocenters. The van der Waals surface area contributed by atoms with Crippen LogP contribution in [0.1, 0.15) is 35.6 Å². The fraction of sp³-hybridized carbons (Fsp3) is 0.611. The lowest BCUT2D eigenvalue weighted by Gasteiger charge is -2.38. The molecule has 0 bridgehead atoms. The fourth-order valence-corrected chi connectivity index (χ4v) is 3.59. The molecule has 2 fully saturated rings. The van der Waals surface area contributed by atoms with E-state index in [1.54, 1.807) is 0 Å². The summed E-state index contributed by atoms with van der Waals surface area (Å²) in [5.41, 5.74) is 3.13. The van der Waals surface area contributed by atoms with Crippen molar-refractivity contribution in [2.45, 2.75) is 32.7 Å². The zero-order chi connectivity index (χ0) is 15.7. The molecule has 3 rings (SSSR count). The van der Waals surface area contributed by atoms with Crippen LogP contribution in [-0.2, 0) is 4.79 Å². The van der Waals surface area contributed by atoms with Gasteiger partial charge in [-0.25, -0.2) is 0 Å². The molecule has 4 nitrogen and oxygen atoms in total. The Kier molecular flexibility index (Phi) is 4.50. The summed E-state index contributed by atoms with van der Waals surface area (Å²) in [6.45, 7) is 8.91. The van der Waals surface area contributed by atoms with Crippen LogP contribution in [-0.4, -0.2) is 53.6 Å². The predicted molar refractivity (Wildman–Crippen MR) is 87.0 cm³/mol. The van der Waals surface area contributed by atoms with Crippen LogP contribution in [0.5, 0.6) is 0 Å². The van der Waals surface area contributed by atoms with E-state index in [0.717, 1.165) is 48.8 Å². The minimum absolute atomic E-state index is 0.510. The SMILES string of the molecule is Cc1cccc(C)c1C(C(=O)O)N1CCN(CC2CC2)CC1. The lowest BCUT2D eigenvalue weighted by atomic mass is 9.94. The molecular formula is C18H26N2O2. The molecular weight excluding hydrogens is 276 g/mol. The van der Waals surface area contributed by atoms with Gasteiger partial charge in [0, 0.05) is 32.7 Å². The largest absolute Gasteiger partial charge is 0.480 e. The summed E-state index contributed by atoms with van der Waals surface area (Å²) in [4.78, 5) is 16.6. The Bertz CT molecular complexity index is 526. The third kappa shape index (κ3) is 3.33. The van der Waals surface area contributed by atoms with Gasteiger partial charge in [0.15, 0.2) is 0 Å². The second kappa shape index (κ2) is 6.39. The summed E-state index contributed by atoms with van der Waals surface area (Å²) in [7, 11) is 0. The lowest BCUT2D eigenvalue weighted by molar-refractivity contribution is -0.144. The second-order valence-electron chi connectivity index (χ2n) is 6.83. The number of nitrogens with zero attached hydrogens (tertiary/aromatic N) is 2. The molecule has 0 amide bonds. The van der Waals surface area contributed by atoms with Crippen LogP contribution >= 0.6 is 0 Å². The highest BCUT2D eigenvalue weighted by Gasteiger charge is 2.33. The third-order valence-electron chi connectivity index (χ3n) is 5.03. The van der Waals surface area contributed by atoms with Crippen molar-refractivity contribution >= 4 is 5.97 Å². The summed E-state index contributed by atoms with van der Waals surface area (Å²) in [6, 6.07) is 5.52. The van der Waals surface area contributed by atoms with Gasteiger partial charge in [0.2, 0.25) is 0 Å². The van der Waals surface area contributed by atoms with E-state index < -0.39 is 12.0 Å². The van der Waals surface area contributed by atoms with Gasteiger partial charge in [-0.15, -0.1) is 0 Å². The quantitative estimate of drug-likeness (QED) is 0.907. The van der Waals surface area contributed by atoms with E-state index >= 15 is 0 Å². The maximum absolute atomic E-state index is 11.9. The van der Waals surface area contributed by atoms with Crippen LogP contribution < -0.4 is 0 Å². The summed E-state index contributed by atoms with van der Waals surface area (Å²) in [5.74, 6) is 0.175. The van der Waals surface area contributed by atoms with Crippen molar-refractivity contribution < 1.29 is 9.90 Å². The van der Waals surface area contributed by atoms with Crippen molar-refractivity contribution in [1.29, 1.82) is 0 Å². The Hall–Kier alpha value is -1.39. The number of carbonyl (C=O) groups is 1. The highest BCUT2D eigenvalue weighted by atomic mass is 16.4. The van der Waals surface area contributed by atoms with Gasteiger partial charge in [-0.3, -0.25) is 9.69 Å². The number of hydrogen-bond donors (Lipinski definition) is 1. The molecule has 2 aliphatic rings. The molecule has 22 heavy (non-hydrogen) atoms. The first-order chi connectivity index (χ1) is 10.6. The first kappa shape index (κ1) is 15.5. The van der Waals surface area contributed by atoms with Crippen LogP contribution in [0.3, 0.4) is 0 Å². The molecule has 1 saturated carbocycles. The van der Waals surface area contributed by atoms with E-state index in [0.29, 0.717) is 0 Å². The standard InChI is InChI=1S/C18H26N2O2/c1-13-4-3-5-14(2)16(13)17(18(21)22)20-10-8-19(9-11-20)12-15-6-7-15/h3-5,15,17H,6-12H2,1-2H3,(H,21,22). The molecule has 4 heteroatoms. The number of rotatable bonds is 5. The van der Waals surface area contributed by atoms with Crippen molar-refractivity contribution in [2.24, 2.45) is 5.92 Å². The van der Waals surface area contributed by atoms with Crippen LogP contribution in [0.2, 0.25) is 0 Å². The first-order valence-electron chi connectivity index (χ1n) is 8.31. The van der Waals surface area contributed by atoms with Crippen molar-refractivity contribution in [3.05, 3.63) is 34.9 Å². The van der Waals surface area contributed by atoms with Crippen LogP contribution in [0.15, 0.2) is 18.2 Å². The maximum atomic E-state index is 11.9. The van der Waals surface area contributed by atoms with Crippen molar-refractivity contribution in [3.63, 3.8) is 0 Å². The second-order valence-corrected chi connectivity index (χ2v) is 6.83. The molecule has 1 heterocycles. The fourth-order valence-electron chi connectivity index (χ4n) is 3.59. The van der Waals surface area contributed by atoms with Gasteiger partial charge in [-0.1, -0.05) is 18.2 Å². The summed E-state index contributed by atoms with van der Waals surface area (Å²) < 4.78 is 0. The minimum Gasteiger partial charge on any atom is -0.480 e. The summed E-state index contributed by atoms with van der Waals surface area (Å²) in [6.07, 6.45) is 2.75. The van der Waals surface area contributed by atoms with E-state index in [1.807, 2.05) is 32.0 Å². The number of aliphatic carboxylic acids is 1. The highest BCUT2D eigenvalue weighted by molar-refractivity contribution is 5.76. The lowest BCUT2D eigenvalue weighted by Crippen LogP contribution is -2.49. The number of aryl methyl sites for hydroxylation is 2. The average molecular weight is 302 g/mol. The van der Waals surface area contributed by atoms with Crippen LogP contribution in [0.4, 0.5) is 0 Å². The van der Waals surface area contributed by atoms with Crippen LogP contribution in [0, 0.1) is 19.8 Å². The third-order valence-corrected chi connectivity index (χ3v) is 5.03. The molecule has 1 aromatic rings. The molecule has 1 aliphatic heterocycles. The molecule has 1 N–H and O–H groups in total. The Morgan fingerprint density at radius 2 is 1.77 bits per heavy atom. The Morgan fingerprint density at radius 3 is 2.27 bits per heavy atom. The van der Waals surface area contributed by atoms with Gasteiger partial charge in [0.25, 0.3) is 0 Å². The molecule has 120 valence electrons. The number of benzene rings is 1. The number of hydrogen-bond acceptors (Lipinski definition) is 3. The normalized spacial score (nSPS) is 21.7. The van der Waals surface area contributed by atoms with Gasteiger partial charge in [0.05, 0.1) is 0 Å². The van der Waals surface area contributed by atoms with Crippen molar-refractivity contribution in [3.8, 4) is 0 Å². The molecule has 0 aromatic heterocycles. The van der Waals surface area contributed by atoms with Gasteiger partial charge >= 0.3 is 5.97 Å². The number of carboxylic acids is 1. The first-order valence-corrected chi connectivity index (χ1v) is 8.31. The zero-order valence-electron chi connectivity index (χ0n) is 13.6. The topological polar surface area (TPSA) is 43.8 Å². The van der Waals surface area contributed by atoms with Crippen molar-refractivity contribution in [1.82, 2.24) is 9.80 Å². The number of carboxylic acid groups (broad SMARTS) is 1. The van der Waals surface area contributed by atoms with Gasteiger partial charge in [-0.2, -0.15) is 0 Å². The number of piperazine rings is 1. The maximum Gasteiger partial charge on any atom is 0.325 e. The monoisotopic (exact) mass is 302 g/mol. The Balaban J connectivity index is 1.73. The van der Waals surface area contributed by atoms with E-state index in [2.05, 4.69) is 9.80 Å². The molecule has 1 atom stereocenters. The van der Waals surface area contributed by atoms with Gasteiger partial charge in [-0.05, 0) is 49.3 Å². The van der Waals surface area contributed by atoms with Crippen molar-refractivity contribution in [2.75, 3.05) is 32.7 Å². The molecule has 0 spiro atoms. The Labute approximate surface area is 132 Å². The summed E-state index contributed by atoms with van der Waals surface area (Å²) >= 11 is 0. The molecule has 1 aliphatic carbocycles. The van der Waals surface area contributed by atoms with Crippen LogP contribution in [0.25, 0.3) is 0 Å². The Morgan fingerprint density at radius 1 is 1.18 bits per heavy atom.